The zero-order valence-corrected chi connectivity index (χ0v) is 16.3. The van der Waals surface area contributed by atoms with Gasteiger partial charge in [0.15, 0.2) is 11.2 Å². The second-order valence-electron chi connectivity index (χ2n) is 5.93. The largest absolute Gasteiger partial charge is 0.332 e. The molecular weight excluding hydrogens is 435 g/mol. The maximum atomic E-state index is 13.4. The van der Waals surface area contributed by atoms with Crippen LogP contribution in [-0.2, 0) is 0 Å². The van der Waals surface area contributed by atoms with Crippen molar-refractivity contribution in [3.63, 3.8) is 0 Å². The summed E-state index contributed by atoms with van der Waals surface area (Å²) >= 11 is 9.36. The molecule has 8 heteroatoms. The first-order valence-corrected chi connectivity index (χ1v) is 9.09. The van der Waals surface area contributed by atoms with Gasteiger partial charge in [0.2, 0.25) is 5.43 Å². The van der Waals surface area contributed by atoms with Crippen molar-refractivity contribution in [1.82, 2.24) is 19.9 Å². The third kappa shape index (κ3) is 3.48. The second kappa shape index (κ2) is 6.83. The van der Waals surface area contributed by atoms with Crippen LogP contribution < -0.4 is 5.43 Å². The van der Waals surface area contributed by atoms with E-state index in [0.717, 1.165) is 0 Å². The average molecular weight is 446 g/mol. The summed E-state index contributed by atoms with van der Waals surface area (Å²) < 4.78 is 13.9. The molecule has 0 aliphatic heterocycles. The molecule has 0 unspecified atom stereocenters. The molecule has 0 fully saturated rings. The van der Waals surface area contributed by atoms with Crippen LogP contribution in [0, 0.1) is 12.7 Å². The Labute approximate surface area is 166 Å². The van der Waals surface area contributed by atoms with Gasteiger partial charge in [0.25, 0.3) is 0 Å². The van der Waals surface area contributed by atoms with E-state index < -0.39 is 0 Å². The molecule has 1 N–H and O–H groups in total. The van der Waals surface area contributed by atoms with Gasteiger partial charge < -0.3 is 4.98 Å². The molecule has 5 nitrogen and oxygen atoms in total. The Hall–Kier alpha value is -2.64. The zero-order valence-electron chi connectivity index (χ0n) is 13.9. The van der Waals surface area contributed by atoms with Gasteiger partial charge in [0.05, 0.1) is 16.0 Å². The fourth-order valence-electron chi connectivity index (χ4n) is 2.80. The molecule has 3 aromatic heterocycles. The van der Waals surface area contributed by atoms with E-state index in [2.05, 4.69) is 35.9 Å². The molecule has 0 spiro atoms. The van der Waals surface area contributed by atoms with E-state index in [0.29, 0.717) is 43.6 Å². The van der Waals surface area contributed by atoms with Crippen LogP contribution in [0.5, 0.6) is 0 Å². The summed E-state index contributed by atoms with van der Waals surface area (Å²) in [5, 5.41) is 0.307. The van der Waals surface area contributed by atoms with Crippen molar-refractivity contribution in [2.45, 2.75) is 6.92 Å². The van der Waals surface area contributed by atoms with Crippen molar-refractivity contribution in [1.29, 1.82) is 0 Å². The van der Waals surface area contributed by atoms with Crippen LogP contribution in [0.25, 0.3) is 33.7 Å². The van der Waals surface area contributed by atoms with Gasteiger partial charge in [-0.1, -0.05) is 11.6 Å². The number of nitrogens with zero attached hydrogens (tertiary/aromatic N) is 3. The molecule has 0 bridgehead atoms. The Balaban J connectivity index is 2.09. The Bertz CT molecular complexity index is 1220. The highest BCUT2D eigenvalue weighted by atomic mass is 79.9. The lowest BCUT2D eigenvalue weighted by Gasteiger charge is -2.11. The molecule has 3 heterocycles. The van der Waals surface area contributed by atoms with Crippen LogP contribution >= 0.6 is 27.5 Å². The van der Waals surface area contributed by atoms with E-state index in [-0.39, 0.29) is 16.8 Å². The predicted octanol–water partition coefficient (Wildman–Crippen LogP) is 4.91. The molecule has 0 amide bonds. The van der Waals surface area contributed by atoms with E-state index in [9.17, 15) is 9.18 Å². The van der Waals surface area contributed by atoms with Crippen molar-refractivity contribution in [3.05, 3.63) is 74.0 Å². The number of hydrogen-bond acceptors (Lipinski definition) is 4. The van der Waals surface area contributed by atoms with E-state index in [1.165, 1.54) is 18.2 Å². The molecule has 4 rings (SSSR count). The number of aromatic amines is 1. The Kier molecular flexibility index (Phi) is 4.49. The monoisotopic (exact) mass is 444 g/mol. The Morgan fingerprint density at radius 1 is 1.00 bits per heavy atom. The fourth-order valence-corrected chi connectivity index (χ4v) is 3.45. The highest BCUT2D eigenvalue weighted by Crippen LogP contribution is 2.31. The third-order valence-corrected chi connectivity index (χ3v) is 4.56. The minimum absolute atomic E-state index is 0.199. The quantitative estimate of drug-likeness (QED) is 0.445. The Morgan fingerprint density at radius 3 is 2.41 bits per heavy atom. The zero-order chi connectivity index (χ0) is 19.1. The van der Waals surface area contributed by atoms with E-state index >= 15 is 0 Å². The molecule has 0 saturated carbocycles. The summed E-state index contributed by atoms with van der Waals surface area (Å²) in [5.74, 6) is -0.354. The van der Waals surface area contributed by atoms with Gasteiger partial charge in [0.1, 0.15) is 11.0 Å². The number of aromatic nitrogens is 4. The third-order valence-electron chi connectivity index (χ3n) is 3.94. The van der Waals surface area contributed by atoms with Gasteiger partial charge in [0, 0.05) is 22.9 Å². The molecule has 0 aliphatic carbocycles. The van der Waals surface area contributed by atoms with Crippen molar-refractivity contribution in [2.24, 2.45) is 0 Å². The number of hydrogen-bond donors (Lipinski definition) is 1. The van der Waals surface area contributed by atoms with Crippen LogP contribution in [0.4, 0.5) is 4.39 Å². The molecular formula is C19H11BrClFN4O. The van der Waals surface area contributed by atoms with Crippen LogP contribution in [0.3, 0.4) is 0 Å². The van der Waals surface area contributed by atoms with Gasteiger partial charge in [-0.25, -0.2) is 19.3 Å². The molecule has 4 aromatic rings. The maximum absolute atomic E-state index is 13.4. The lowest BCUT2D eigenvalue weighted by Crippen LogP contribution is -2.08. The topological polar surface area (TPSA) is 71.5 Å². The first kappa shape index (κ1) is 17.8. The van der Waals surface area contributed by atoms with Crippen LogP contribution in [0.15, 0.2) is 51.9 Å². The van der Waals surface area contributed by atoms with Gasteiger partial charge in [-0.05, 0) is 59.3 Å². The summed E-state index contributed by atoms with van der Waals surface area (Å²) in [6.07, 6.45) is 0. The average Bonchev–Trinajstić information content (AvgIpc) is 2.60. The highest BCUT2D eigenvalue weighted by molar-refractivity contribution is 9.10. The van der Waals surface area contributed by atoms with Crippen molar-refractivity contribution >= 4 is 38.7 Å². The number of nitrogens with one attached hydrogen (secondary N) is 1. The minimum atomic E-state index is -0.354. The van der Waals surface area contributed by atoms with E-state index in [1.54, 1.807) is 18.2 Å². The summed E-state index contributed by atoms with van der Waals surface area (Å²) in [7, 11) is 0. The van der Waals surface area contributed by atoms with Crippen LogP contribution in [0.1, 0.15) is 5.69 Å². The molecule has 0 atom stereocenters. The van der Waals surface area contributed by atoms with Crippen LogP contribution in [-0.4, -0.2) is 19.9 Å². The lowest BCUT2D eigenvalue weighted by molar-refractivity contribution is 0.628. The van der Waals surface area contributed by atoms with E-state index in [1.807, 2.05) is 13.0 Å². The number of aryl methyl sites for hydroxylation is 1. The molecule has 27 heavy (non-hydrogen) atoms. The van der Waals surface area contributed by atoms with Gasteiger partial charge in [-0.15, -0.1) is 0 Å². The second-order valence-corrected chi connectivity index (χ2v) is 7.17. The number of fused-ring (bicyclic) bond motifs is 1. The number of benzene rings is 1. The first-order valence-electron chi connectivity index (χ1n) is 7.92. The highest BCUT2D eigenvalue weighted by Gasteiger charge is 2.16. The van der Waals surface area contributed by atoms with Crippen molar-refractivity contribution < 1.29 is 4.39 Å². The molecule has 0 saturated heterocycles. The molecule has 0 aliphatic rings. The fraction of sp³-hybridized carbons (Fsp3) is 0.0526. The standard InChI is InChI=1S/C19H11BrClFN4O/c1-9-6-11(7-15(21)23-9)17-16(10-2-4-12(22)5-3-10)26-19-18(25-17)13(27)8-14(20)24-19/h2-8H,1H3,(H,24,26,27). The van der Waals surface area contributed by atoms with Crippen LogP contribution in [0.2, 0.25) is 5.15 Å². The summed E-state index contributed by atoms with van der Waals surface area (Å²) in [4.78, 5) is 28.7. The smallest absolute Gasteiger partial charge is 0.210 e. The number of pyridine rings is 2. The summed E-state index contributed by atoms with van der Waals surface area (Å²) in [6, 6.07) is 10.8. The summed E-state index contributed by atoms with van der Waals surface area (Å²) in [5.41, 5.74) is 3.25. The Morgan fingerprint density at radius 2 is 1.70 bits per heavy atom. The molecule has 134 valence electrons. The van der Waals surface area contributed by atoms with Crippen molar-refractivity contribution in [2.75, 3.05) is 0 Å². The van der Waals surface area contributed by atoms with Gasteiger partial charge in [-0.2, -0.15) is 0 Å². The minimum Gasteiger partial charge on any atom is -0.332 e. The molecule has 0 radical (unpaired) electrons. The first-order chi connectivity index (χ1) is 12.9. The SMILES string of the molecule is Cc1cc(-c2nc3c(=O)cc(Br)[nH]c3nc2-c2ccc(F)cc2)cc(Cl)n1. The number of halogens is 3. The number of rotatable bonds is 2. The van der Waals surface area contributed by atoms with Gasteiger partial charge in [-0.3, -0.25) is 4.79 Å². The lowest BCUT2D eigenvalue weighted by atomic mass is 10.0. The predicted molar refractivity (Wildman–Crippen MR) is 106 cm³/mol. The maximum Gasteiger partial charge on any atom is 0.210 e. The summed E-state index contributed by atoms with van der Waals surface area (Å²) in [6.45, 7) is 1.81. The van der Waals surface area contributed by atoms with E-state index in [4.69, 9.17) is 11.6 Å². The van der Waals surface area contributed by atoms with Crippen molar-refractivity contribution in [3.8, 4) is 22.5 Å². The number of H-pyrrole nitrogens is 1. The molecule has 1 aromatic carbocycles. The normalized spacial score (nSPS) is 11.1. The van der Waals surface area contributed by atoms with Gasteiger partial charge >= 0.3 is 0 Å².